The van der Waals surface area contributed by atoms with Crippen LogP contribution in [0, 0.1) is 17.0 Å². The summed E-state index contributed by atoms with van der Waals surface area (Å²) in [5.74, 6) is 0.0157. The van der Waals surface area contributed by atoms with Gasteiger partial charge in [0.2, 0.25) is 5.89 Å². The number of hydrogen-bond acceptors (Lipinski definition) is 7. The summed E-state index contributed by atoms with van der Waals surface area (Å²) in [5, 5.41) is 14.4. The highest BCUT2D eigenvalue weighted by Crippen LogP contribution is 2.20. The molecule has 3 rings (SSSR count). The van der Waals surface area contributed by atoms with Gasteiger partial charge in [-0.2, -0.15) is 4.98 Å². The van der Waals surface area contributed by atoms with Crippen molar-refractivity contribution < 1.29 is 13.9 Å². The quantitative estimate of drug-likeness (QED) is 0.521. The fourth-order valence-electron chi connectivity index (χ4n) is 1.85. The number of nitro benzene ring substituents is 1. The average Bonchev–Trinajstić information content (AvgIpc) is 2.94. The van der Waals surface area contributed by atoms with Crippen LogP contribution in [0.15, 0.2) is 31.9 Å². The van der Waals surface area contributed by atoms with Crippen molar-refractivity contribution in [2.75, 3.05) is 0 Å². The van der Waals surface area contributed by atoms with Gasteiger partial charge in [0.05, 0.1) is 10.4 Å². The summed E-state index contributed by atoms with van der Waals surface area (Å²) in [5.41, 5.74) is 0.436. The number of nitrogens with zero attached hydrogens (tertiary/aromatic N) is 4. The highest BCUT2D eigenvalue weighted by Gasteiger charge is 2.16. The first kappa shape index (κ1) is 12.1. The highest BCUT2D eigenvalue weighted by molar-refractivity contribution is 5.75. The van der Waals surface area contributed by atoms with Crippen molar-refractivity contribution >= 4 is 16.8 Å². The number of oxazole rings is 1. The fraction of sp³-hybridized carbons (Fsp3) is 0.182. The van der Waals surface area contributed by atoms with Crippen molar-refractivity contribution in [2.45, 2.75) is 13.5 Å². The molecule has 9 heteroatoms. The van der Waals surface area contributed by atoms with Crippen LogP contribution in [-0.4, -0.2) is 19.6 Å². The van der Waals surface area contributed by atoms with Gasteiger partial charge >= 0.3 is 5.76 Å². The molecule has 0 fully saturated rings. The third kappa shape index (κ3) is 1.94. The number of rotatable bonds is 3. The second-order valence-corrected chi connectivity index (χ2v) is 4.10. The SMILES string of the molecule is Cc1noc(Cn2c(=O)oc3ccc([N+](=O)[O-])cc32)n1. The number of aromatic nitrogens is 3. The predicted molar refractivity (Wildman–Crippen MR) is 65.3 cm³/mol. The molecular weight excluding hydrogens is 268 g/mol. The zero-order chi connectivity index (χ0) is 14.3. The molecule has 0 radical (unpaired) electrons. The first-order valence-electron chi connectivity index (χ1n) is 5.61. The molecule has 0 aliphatic heterocycles. The Bertz CT molecular complexity index is 859. The van der Waals surface area contributed by atoms with Crippen molar-refractivity contribution in [1.82, 2.24) is 14.7 Å². The van der Waals surface area contributed by atoms with E-state index in [0.717, 1.165) is 0 Å². The van der Waals surface area contributed by atoms with Crippen molar-refractivity contribution in [3.05, 3.63) is 50.6 Å². The van der Waals surface area contributed by atoms with Gasteiger partial charge in [0.25, 0.3) is 5.69 Å². The zero-order valence-corrected chi connectivity index (χ0v) is 10.3. The van der Waals surface area contributed by atoms with Gasteiger partial charge in [-0.05, 0) is 13.0 Å². The zero-order valence-electron chi connectivity index (χ0n) is 10.3. The standard InChI is InChI=1S/C11H8N4O5/c1-6-12-10(20-13-6)5-14-8-4-7(15(17)18)2-3-9(8)19-11(14)16/h2-4H,5H2,1H3. The summed E-state index contributed by atoms with van der Waals surface area (Å²) in [6.07, 6.45) is 0. The van der Waals surface area contributed by atoms with Crippen molar-refractivity contribution in [2.24, 2.45) is 0 Å². The summed E-state index contributed by atoms with van der Waals surface area (Å²) in [6, 6.07) is 3.92. The van der Waals surface area contributed by atoms with Crippen LogP contribution in [0.3, 0.4) is 0 Å². The Morgan fingerprint density at radius 3 is 2.90 bits per heavy atom. The van der Waals surface area contributed by atoms with E-state index in [9.17, 15) is 14.9 Å². The smallest absolute Gasteiger partial charge is 0.408 e. The lowest BCUT2D eigenvalue weighted by molar-refractivity contribution is -0.384. The number of nitro groups is 1. The number of fused-ring (bicyclic) bond motifs is 1. The molecule has 2 aromatic heterocycles. The van der Waals surface area contributed by atoms with Gasteiger partial charge in [-0.3, -0.25) is 14.7 Å². The minimum absolute atomic E-state index is 0.00611. The third-order valence-electron chi connectivity index (χ3n) is 2.72. The molecule has 0 saturated carbocycles. The maximum Gasteiger partial charge on any atom is 0.420 e. The molecule has 0 amide bonds. The van der Waals surface area contributed by atoms with E-state index >= 15 is 0 Å². The molecule has 0 N–H and O–H groups in total. The summed E-state index contributed by atoms with van der Waals surface area (Å²) < 4.78 is 11.1. The number of aryl methyl sites for hydroxylation is 1. The molecule has 0 aliphatic carbocycles. The summed E-state index contributed by atoms with van der Waals surface area (Å²) >= 11 is 0. The van der Waals surface area contributed by atoms with Crippen LogP contribution >= 0.6 is 0 Å². The van der Waals surface area contributed by atoms with Gasteiger partial charge in [-0.1, -0.05) is 5.16 Å². The maximum absolute atomic E-state index is 11.8. The Morgan fingerprint density at radius 1 is 1.45 bits per heavy atom. The van der Waals surface area contributed by atoms with Crippen LogP contribution < -0.4 is 5.76 Å². The number of benzene rings is 1. The second-order valence-electron chi connectivity index (χ2n) is 4.10. The van der Waals surface area contributed by atoms with Crippen LogP contribution in [0.1, 0.15) is 11.7 Å². The largest absolute Gasteiger partial charge is 0.420 e. The van der Waals surface area contributed by atoms with E-state index in [1.54, 1.807) is 6.92 Å². The van der Waals surface area contributed by atoms with Gasteiger partial charge < -0.3 is 8.94 Å². The Kier molecular flexibility index (Phi) is 2.60. The fourth-order valence-corrected chi connectivity index (χ4v) is 1.85. The van der Waals surface area contributed by atoms with Crippen LogP contribution in [0.5, 0.6) is 0 Å². The first-order valence-corrected chi connectivity index (χ1v) is 5.61. The first-order chi connectivity index (χ1) is 9.54. The minimum Gasteiger partial charge on any atom is -0.408 e. The van der Waals surface area contributed by atoms with Crippen LogP contribution in [0.2, 0.25) is 0 Å². The van der Waals surface area contributed by atoms with E-state index in [1.807, 2.05) is 0 Å². The lowest BCUT2D eigenvalue weighted by atomic mass is 10.3. The molecule has 20 heavy (non-hydrogen) atoms. The molecule has 102 valence electrons. The normalized spacial score (nSPS) is 11.1. The predicted octanol–water partition coefficient (Wildman–Crippen LogP) is 1.24. The molecular formula is C11H8N4O5. The summed E-state index contributed by atoms with van der Waals surface area (Å²) in [6.45, 7) is 1.64. The Morgan fingerprint density at radius 2 is 2.25 bits per heavy atom. The summed E-state index contributed by atoms with van der Waals surface area (Å²) in [7, 11) is 0. The molecule has 1 aromatic carbocycles. The molecule has 0 aliphatic rings. The number of non-ortho nitro benzene ring substituents is 1. The summed E-state index contributed by atoms with van der Waals surface area (Å²) in [4.78, 5) is 26.0. The van der Waals surface area contributed by atoms with Crippen molar-refractivity contribution in [1.29, 1.82) is 0 Å². The molecule has 0 spiro atoms. The van der Waals surface area contributed by atoms with Gasteiger partial charge in [0.15, 0.2) is 11.4 Å². The van der Waals surface area contributed by atoms with Crippen LogP contribution in [0.25, 0.3) is 11.1 Å². The van der Waals surface area contributed by atoms with Crippen molar-refractivity contribution in [3.63, 3.8) is 0 Å². The molecule has 0 saturated heterocycles. The minimum atomic E-state index is -0.642. The molecule has 0 atom stereocenters. The van der Waals surface area contributed by atoms with Crippen LogP contribution in [-0.2, 0) is 6.54 Å². The van der Waals surface area contributed by atoms with Gasteiger partial charge in [0, 0.05) is 12.1 Å². The lowest BCUT2D eigenvalue weighted by Gasteiger charge is -1.97. The van der Waals surface area contributed by atoms with Gasteiger partial charge in [-0.15, -0.1) is 0 Å². The molecule has 0 unspecified atom stereocenters. The number of hydrogen-bond donors (Lipinski definition) is 0. The van der Waals surface area contributed by atoms with E-state index in [2.05, 4.69) is 10.1 Å². The van der Waals surface area contributed by atoms with E-state index in [4.69, 9.17) is 8.94 Å². The molecule has 2 heterocycles. The maximum atomic E-state index is 11.8. The second kappa shape index (κ2) is 4.30. The van der Waals surface area contributed by atoms with E-state index in [1.165, 1.54) is 22.8 Å². The van der Waals surface area contributed by atoms with E-state index in [-0.39, 0.29) is 23.7 Å². The molecule has 9 nitrogen and oxygen atoms in total. The monoisotopic (exact) mass is 276 g/mol. The lowest BCUT2D eigenvalue weighted by Crippen LogP contribution is -2.15. The van der Waals surface area contributed by atoms with Gasteiger partial charge in [0.1, 0.15) is 6.54 Å². The van der Waals surface area contributed by atoms with Crippen molar-refractivity contribution in [3.8, 4) is 0 Å². The molecule has 3 aromatic rings. The Balaban J connectivity index is 2.13. The third-order valence-corrected chi connectivity index (χ3v) is 2.72. The van der Waals surface area contributed by atoms with E-state index in [0.29, 0.717) is 11.3 Å². The highest BCUT2D eigenvalue weighted by atomic mass is 16.6. The average molecular weight is 276 g/mol. The Labute approximate surface area is 110 Å². The van der Waals surface area contributed by atoms with E-state index < -0.39 is 10.7 Å². The topological polar surface area (TPSA) is 117 Å². The Hall–Kier alpha value is -2.97. The molecule has 0 bridgehead atoms. The van der Waals surface area contributed by atoms with Crippen LogP contribution in [0.4, 0.5) is 5.69 Å². The van der Waals surface area contributed by atoms with Gasteiger partial charge in [-0.25, -0.2) is 4.79 Å².